The normalized spacial score (nSPS) is 12.3. The lowest BCUT2D eigenvalue weighted by atomic mass is 10.1. The molecule has 0 saturated heterocycles. The Labute approximate surface area is 121 Å². The van der Waals surface area contributed by atoms with Crippen molar-refractivity contribution in [3.05, 3.63) is 57.6 Å². The molecule has 1 unspecified atom stereocenters. The molecule has 0 aliphatic heterocycles. The Morgan fingerprint density at radius 3 is 2.63 bits per heavy atom. The highest BCUT2D eigenvalue weighted by molar-refractivity contribution is 6.30. The van der Waals surface area contributed by atoms with Gasteiger partial charge in [0.1, 0.15) is 11.0 Å². The average molecular weight is 299 g/mol. The van der Waals surface area contributed by atoms with Crippen LogP contribution >= 0.6 is 23.2 Å². The van der Waals surface area contributed by atoms with Gasteiger partial charge < -0.3 is 5.32 Å². The van der Waals surface area contributed by atoms with Gasteiger partial charge in [-0.2, -0.15) is 0 Å². The number of nitrogens with one attached hydrogen (secondary N) is 1. The zero-order valence-corrected chi connectivity index (χ0v) is 12.1. The van der Waals surface area contributed by atoms with Crippen LogP contribution in [-0.4, -0.2) is 4.98 Å². The van der Waals surface area contributed by atoms with Crippen molar-refractivity contribution in [3.8, 4) is 0 Å². The van der Waals surface area contributed by atoms with E-state index in [0.29, 0.717) is 5.15 Å². The smallest absolute Gasteiger partial charge is 0.141 e. The first kappa shape index (κ1) is 14.1. The van der Waals surface area contributed by atoms with Gasteiger partial charge in [-0.1, -0.05) is 29.3 Å². The summed E-state index contributed by atoms with van der Waals surface area (Å²) in [5.74, 6) is -0.415. The van der Waals surface area contributed by atoms with E-state index in [2.05, 4.69) is 10.3 Å². The molecule has 0 aliphatic carbocycles. The topological polar surface area (TPSA) is 24.9 Å². The Hall–Kier alpha value is -1.32. The van der Waals surface area contributed by atoms with Crippen LogP contribution in [0, 0.1) is 12.7 Å². The van der Waals surface area contributed by atoms with Crippen LogP contribution in [0.5, 0.6) is 0 Å². The molecule has 2 rings (SSSR count). The Bertz CT molecular complexity index is 602. The summed E-state index contributed by atoms with van der Waals surface area (Å²) in [6.07, 6.45) is 1.66. The molecule has 5 heteroatoms. The standard InChI is InChI=1S/C14H13Cl2FN2/c1-8-5-11(7-18-14(8)16)19-9(2)10-3-4-13(17)12(15)6-10/h3-7,9,19H,1-2H3. The fourth-order valence-corrected chi connectivity index (χ4v) is 2.04. The van der Waals surface area contributed by atoms with Crippen molar-refractivity contribution in [1.29, 1.82) is 0 Å². The van der Waals surface area contributed by atoms with Gasteiger partial charge in [-0.25, -0.2) is 9.37 Å². The SMILES string of the molecule is Cc1cc(NC(C)c2ccc(F)c(Cl)c2)cnc1Cl. The third-order valence-electron chi connectivity index (χ3n) is 2.84. The predicted octanol–water partition coefficient (Wildman–Crippen LogP) is 5.01. The zero-order valence-electron chi connectivity index (χ0n) is 10.5. The number of hydrogen-bond acceptors (Lipinski definition) is 2. The maximum atomic E-state index is 13.1. The van der Waals surface area contributed by atoms with Crippen LogP contribution in [0.15, 0.2) is 30.5 Å². The lowest BCUT2D eigenvalue weighted by Crippen LogP contribution is -2.07. The van der Waals surface area contributed by atoms with E-state index < -0.39 is 5.82 Å². The van der Waals surface area contributed by atoms with Gasteiger partial charge in [0.05, 0.1) is 16.9 Å². The van der Waals surface area contributed by atoms with Crippen LogP contribution in [0.25, 0.3) is 0 Å². The first-order valence-corrected chi connectivity index (χ1v) is 6.56. The van der Waals surface area contributed by atoms with Gasteiger partial charge in [0, 0.05) is 6.04 Å². The summed E-state index contributed by atoms with van der Waals surface area (Å²) in [4.78, 5) is 4.07. The molecule has 1 atom stereocenters. The molecule has 100 valence electrons. The minimum absolute atomic E-state index is 0.0134. The number of nitrogens with zero attached hydrogens (tertiary/aromatic N) is 1. The number of benzene rings is 1. The van der Waals surface area contributed by atoms with Crippen LogP contribution < -0.4 is 5.32 Å². The molecule has 19 heavy (non-hydrogen) atoms. The largest absolute Gasteiger partial charge is 0.377 e. The highest BCUT2D eigenvalue weighted by atomic mass is 35.5. The second kappa shape index (κ2) is 5.76. The number of hydrogen-bond donors (Lipinski definition) is 1. The first-order chi connectivity index (χ1) is 8.97. The monoisotopic (exact) mass is 298 g/mol. The summed E-state index contributed by atoms with van der Waals surface area (Å²) < 4.78 is 13.1. The van der Waals surface area contributed by atoms with E-state index in [4.69, 9.17) is 23.2 Å². The van der Waals surface area contributed by atoms with E-state index in [-0.39, 0.29) is 11.1 Å². The molecular weight excluding hydrogens is 286 g/mol. The minimum atomic E-state index is -0.415. The van der Waals surface area contributed by atoms with E-state index in [1.54, 1.807) is 18.3 Å². The van der Waals surface area contributed by atoms with Gasteiger partial charge in [0.2, 0.25) is 0 Å². The van der Waals surface area contributed by atoms with Crippen molar-refractivity contribution in [3.63, 3.8) is 0 Å². The molecule has 0 spiro atoms. The molecule has 0 bridgehead atoms. The highest BCUT2D eigenvalue weighted by Crippen LogP contribution is 2.24. The van der Waals surface area contributed by atoms with E-state index >= 15 is 0 Å². The number of pyridine rings is 1. The van der Waals surface area contributed by atoms with Crippen molar-refractivity contribution in [1.82, 2.24) is 4.98 Å². The van der Waals surface area contributed by atoms with Gasteiger partial charge in [-0.3, -0.25) is 0 Å². The minimum Gasteiger partial charge on any atom is -0.377 e. The fourth-order valence-electron chi connectivity index (χ4n) is 1.75. The van der Waals surface area contributed by atoms with Crippen LogP contribution in [-0.2, 0) is 0 Å². The number of anilines is 1. The Kier molecular flexibility index (Phi) is 4.27. The summed E-state index contributed by atoms with van der Waals surface area (Å²) >= 11 is 11.6. The molecule has 1 aromatic heterocycles. The molecule has 0 aliphatic rings. The molecule has 0 fully saturated rings. The van der Waals surface area contributed by atoms with E-state index in [1.165, 1.54) is 6.07 Å². The van der Waals surface area contributed by atoms with Crippen molar-refractivity contribution in [2.24, 2.45) is 0 Å². The van der Waals surface area contributed by atoms with E-state index in [9.17, 15) is 4.39 Å². The van der Waals surface area contributed by atoms with Gasteiger partial charge in [-0.05, 0) is 43.2 Å². The maximum absolute atomic E-state index is 13.1. The van der Waals surface area contributed by atoms with Gasteiger partial charge >= 0.3 is 0 Å². The number of halogens is 3. The third kappa shape index (κ3) is 3.37. The Morgan fingerprint density at radius 2 is 2.00 bits per heavy atom. The molecular formula is C14H13Cl2FN2. The Morgan fingerprint density at radius 1 is 1.26 bits per heavy atom. The zero-order chi connectivity index (χ0) is 14.0. The van der Waals surface area contributed by atoms with Crippen LogP contribution in [0.4, 0.5) is 10.1 Å². The molecule has 1 aromatic carbocycles. The average Bonchev–Trinajstić information content (AvgIpc) is 2.37. The quantitative estimate of drug-likeness (QED) is 0.806. The number of rotatable bonds is 3. The molecule has 0 saturated carbocycles. The van der Waals surface area contributed by atoms with Gasteiger partial charge in [0.15, 0.2) is 0 Å². The lowest BCUT2D eigenvalue weighted by molar-refractivity contribution is 0.627. The van der Waals surface area contributed by atoms with Gasteiger partial charge in [-0.15, -0.1) is 0 Å². The summed E-state index contributed by atoms with van der Waals surface area (Å²) in [5.41, 5.74) is 2.66. The summed E-state index contributed by atoms with van der Waals surface area (Å²) in [6, 6.07) is 6.58. The molecule has 2 aromatic rings. The fraction of sp³-hybridized carbons (Fsp3) is 0.214. The summed E-state index contributed by atoms with van der Waals surface area (Å²) in [6.45, 7) is 3.85. The molecule has 2 nitrogen and oxygen atoms in total. The van der Waals surface area contributed by atoms with Crippen molar-refractivity contribution >= 4 is 28.9 Å². The number of aromatic nitrogens is 1. The molecule has 0 radical (unpaired) electrons. The maximum Gasteiger partial charge on any atom is 0.141 e. The second-order valence-electron chi connectivity index (χ2n) is 4.37. The van der Waals surface area contributed by atoms with Crippen LogP contribution in [0.2, 0.25) is 10.2 Å². The third-order valence-corrected chi connectivity index (χ3v) is 3.53. The highest BCUT2D eigenvalue weighted by Gasteiger charge is 2.09. The summed E-state index contributed by atoms with van der Waals surface area (Å²) in [7, 11) is 0. The number of aryl methyl sites for hydroxylation is 1. The van der Waals surface area contributed by atoms with Crippen molar-refractivity contribution < 1.29 is 4.39 Å². The Balaban J connectivity index is 2.17. The lowest BCUT2D eigenvalue weighted by Gasteiger charge is -2.16. The van der Waals surface area contributed by atoms with Gasteiger partial charge in [0.25, 0.3) is 0 Å². The van der Waals surface area contributed by atoms with Crippen LogP contribution in [0.3, 0.4) is 0 Å². The molecule has 1 heterocycles. The van der Waals surface area contributed by atoms with E-state index in [1.807, 2.05) is 19.9 Å². The van der Waals surface area contributed by atoms with E-state index in [0.717, 1.165) is 16.8 Å². The van der Waals surface area contributed by atoms with Crippen LogP contribution in [0.1, 0.15) is 24.1 Å². The second-order valence-corrected chi connectivity index (χ2v) is 5.14. The molecule has 1 N–H and O–H groups in total. The first-order valence-electron chi connectivity index (χ1n) is 5.81. The van der Waals surface area contributed by atoms with Crippen molar-refractivity contribution in [2.45, 2.75) is 19.9 Å². The van der Waals surface area contributed by atoms with Crippen molar-refractivity contribution in [2.75, 3.05) is 5.32 Å². The summed E-state index contributed by atoms with van der Waals surface area (Å²) in [5, 5.41) is 3.88. The predicted molar refractivity (Wildman–Crippen MR) is 77.4 cm³/mol. The molecule has 0 amide bonds.